The molecule has 31 heavy (non-hydrogen) atoms. The Kier molecular flexibility index (Phi) is 5.52. The number of aromatic amines is 1. The second-order valence-corrected chi connectivity index (χ2v) is 8.93. The Morgan fingerprint density at radius 1 is 1.03 bits per heavy atom. The molecule has 0 amide bonds. The van der Waals surface area contributed by atoms with E-state index in [0.29, 0.717) is 18.4 Å². The summed E-state index contributed by atoms with van der Waals surface area (Å²) in [4.78, 5) is 16.4. The van der Waals surface area contributed by atoms with Crippen molar-refractivity contribution in [3.05, 3.63) is 65.1 Å². The summed E-state index contributed by atoms with van der Waals surface area (Å²) in [5.41, 5.74) is 1.83. The number of nitrogens with one attached hydrogen (secondary N) is 1. The molecule has 3 aromatic rings. The zero-order valence-corrected chi connectivity index (χ0v) is 17.4. The topological polar surface area (TPSA) is 85.8 Å². The molecule has 6 nitrogen and oxygen atoms in total. The van der Waals surface area contributed by atoms with Gasteiger partial charge in [-0.2, -0.15) is 0 Å². The number of β-amino-alcohol motifs (C(OH)–C–C–N with tert-alkyl or cyclic N) is 1. The van der Waals surface area contributed by atoms with Crippen LogP contribution in [-0.2, 0) is 0 Å². The lowest BCUT2D eigenvalue weighted by Crippen LogP contribution is -2.35. The third-order valence-corrected chi connectivity index (χ3v) is 6.68. The van der Waals surface area contributed by atoms with Crippen molar-refractivity contribution in [2.45, 2.75) is 25.0 Å². The molecule has 5 rings (SSSR count). The van der Waals surface area contributed by atoms with Crippen LogP contribution in [0.5, 0.6) is 5.75 Å². The summed E-state index contributed by atoms with van der Waals surface area (Å²) in [5.74, 6) is 1.87. The number of H-pyrrole nitrogens is 1. The Bertz CT molecular complexity index is 1090. The van der Waals surface area contributed by atoms with Gasteiger partial charge in [0.2, 0.25) is 5.56 Å². The first-order valence-electron chi connectivity index (χ1n) is 11.0. The van der Waals surface area contributed by atoms with E-state index in [2.05, 4.69) is 9.88 Å². The Morgan fingerprint density at radius 3 is 2.48 bits per heavy atom. The fourth-order valence-electron chi connectivity index (χ4n) is 5.28. The minimum Gasteiger partial charge on any atom is -0.490 e. The summed E-state index contributed by atoms with van der Waals surface area (Å²) in [6.07, 6.45) is 2.79. The van der Waals surface area contributed by atoms with E-state index in [1.807, 2.05) is 42.5 Å². The number of hydrogen-bond acceptors (Lipinski definition) is 5. The highest BCUT2D eigenvalue weighted by Crippen LogP contribution is 2.38. The highest BCUT2D eigenvalue weighted by atomic mass is 16.5. The molecule has 1 saturated carbocycles. The molecule has 0 bridgehead atoms. The number of aliphatic hydroxyl groups is 2. The van der Waals surface area contributed by atoms with Gasteiger partial charge in [-0.3, -0.25) is 4.79 Å². The lowest BCUT2D eigenvalue weighted by atomic mass is 9.99. The average Bonchev–Trinajstić information content (AvgIpc) is 3.29. The molecular weight excluding hydrogens is 392 g/mol. The molecule has 0 spiro atoms. The van der Waals surface area contributed by atoms with Crippen molar-refractivity contribution in [3.8, 4) is 16.9 Å². The first-order chi connectivity index (χ1) is 15.1. The SMILES string of the molecule is O=c1ccc(-c2ccc(OCC(O)CN3C[C@H]4CC(O)C[C@H]4C3)c3ccccc23)c[nH]1. The van der Waals surface area contributed by atoms with Crippen molar-refractivity contribution in [2.75, 3.05) is 26.2 Å². The maximum absolute atomic E-state index is 11.4. The summed E-state index contributed by atoms with van der Waals surface area (Å²) in [6.45, 7) is 2.73. The maximum atomic E-state index is 11.4. The maximum Gasteiger partial charge on any atom is 0.247 e. The zero-order valence-electron chi connectivity index (χ0n) is 17.4. The Labute approximate surface area is 181 Å². The van der Waals surface area contributed by atoms with Crippen molar-refractivity contribution < 1.29 is 14.9 Å². The fraction of sp³-hybridized carbons (Fsp3) is 0.400. The summed E-state index contributed by atoms with van der Waals surface area (Å²) in [6, 6.07) is 15.3. The smallest absolute Gasteiger partial charge is 0.247 e. The van der Waals surface area contributed by atoms with Crippen LogP contribution in [-0.4, -0.2) is 58.5 Å². The standard InChI is InChI=1S/C25H28N2O4/c28-19-9-17-12-27(13-18(17)10-19)14-20(29)15-31-24-7-6-21(16-5-8-25(30)26-11-16)22-3-1-2-4-23(22)24/h1-8,11,17-20,28-29H,9-10,12-15H2,(H,26,30)/t17-,18+,19?,20?. The van der Waals surface area contributed by atoms with Crippen molar-refractivity contribution in [1.82, 2.24) is 9.88 Å². The third-order valence-electron chi connectivity index (χ3n) is 6.68. The van der Waals surface area contributed by atoms with Gasteiger partial charge in [0.25, 0.3) is 0 Å². The van der Waals surface area contributed by atoms with Crippen molar-refractivity contribution in [2.24, 2.45) is 11.8 Å². The summed E-state index contributed by atoms with van der Waals surface area (Å²) in [5, 5.41) is 22.4. The molecule has 2 heterocycles. The van der Waals surface area contributed by atoms with Crippen LogP contribution in [0.1, 0.15) is 12.8 Å². The molecule has 1 aliphatic heterocycles. The van der Waals surface area contributed by atoms with Crippen LogP contribution >= 0.6 is 0 Å². The predicted octanol–water partition coefficient (Wildman–Crippen LogP) is 2.64. The quantitative estimate of drug-likeness (QED) is 0.571. The largest absolute Gasteiger partial charge is 0.490 e. The van der Waals surface area contributed by atoms with Gasteiger partial charge in [-0.25, -0.2) is 0 Å². The molecule has 162 valence electrons. The number of rotatable bonds is 6. The van der Waals surface area contributed by atoms with E-state index in [1.54, 1.807) is 6.20 Å². The van der Waals surface area contributed by atoms with Gasteiger partial charge in [0.1, 0.15) is 18.5 Å². The first kappa shape index (κ1) is 20.2. The number of benzene rings is 2. The van der Waals surface area contributed by atoms with Gasteiger partial charge in [-0.05, 0) is 59.4 Å². The van der Waals surface area contributed by atoms with Crippen LogP contribution in [0.4, 0.5) is 0 Å². The molecule has 2 aliphatic rings. The highest BCUT2D eigenvalue weighted by Gasteiger charge is 2.40. The molecule has 6 heteroatoms. The van der Waals surface area contributed by atoms with Gasteiger partial charge in [0.05, 0.1) is 6.10 Å². The van der Waals surface area contributed by atoms with Gasteiger partial charge in [-0.1, -0.05) is 24.3 Å². The van der Waals surface area contributed by atoms with Crippen molar-refractivity contribution in [1.29, 1.82) is 0 Å². The zero-order chi connectivity index (χ0) is 21.4. The molecule has 0 radical (unpaired) electrons. The van der Waals surface area contributed by atoms with Crippen LogP contribution in [0.25, 0.3) is 21.9 Å². The van der Waals surface area contributed by atoms with Crippen LogP contribution in [0.15, 0.2) is 59.5 Å². The predicted molar refractivity (Wildman–Crippen MR) is 120 cm³/mol. The van der Waals surface area contributed by atoms with E-state index in [0.717, 1.165) is 53.6 Å². The number of nitrogens with zero attached hydrogens (tertiary/aromatic N) is 1. The van der Waals surface area contributed by atoms with Gasteiger partial charge in [-0.15, -0.1) is 0 Å². The molecule has 2 fully saturated rings. The van der Waals surface area contributed by atoms with E-state index >= 15 is 0 Å². The summed E-state index contributed by atoms with van der Waals surface area (Å²) < 4.78 is 6.04. The number of aromatic nitrogens is 1. The minimum atomic E-state index is -0.568. The van der Waals surface area contributed by atoms with E-state index < -0.39 is 6.10 Å². The van der Waals surface area contributed by atoms with Crippen molar-refractivity contribution in [3.63, 3.8) is 0 Å². The lowest BCUT2D eigenvalue weighted by molar-refractivity contribution is 0.0713. The number of hydrogen-bond donors (Lipinski definition) is 3. The number of pyridine rings is 1. The van der Waals surface area contributed by atoms with Gasteiger partial charge in [0, 0.05) is 37.3 Å². The Hall–Kier alpha value is -2.67. The molecule has 2 aromatic carbocycles. The van der Waals surface area contributed by atoms with Gasteiger partial charge in [0.15, 0.2) is 0 Å². The molecule has 1 aromatic heterocycles. The number of likely N-dealkylation sites (tertiary alicyclic amines) is 1. The molecule has 2 unspecified atom stereocenters. The van der Waals surface area contributed by atoms with Crippen molar-refractivity contribution >= 4 is 10.8 Å². The number of fused-ring (bicyclic) bond motifs is 2. The lowest BCUT2D eigenvalue weighted by Gasteiger charge is -2.22. The molecular formula is C25H28N2O4. The summed E-state index contributed by atoms with van der Waals surface area (Å²) >= 11 is 0. The van der Waals surface area contributed by atoms with Crippen LogP contribution in [0.2, 0.25) is 0 Å². The minimum absolute atomic E-state index is 0.125. The molecule has 1 saturated heterocycles. The molecule has 4 atom stereocenters. The van der Waals surface area contributed by atoms with Gasteiger partial charge >= 0.3 is 0 Å². The fourth-order valence-corrected chi connectivity index (χ4v) is 5.28. The van der Waals surface area contributed by atoms with Crippen LogP contribution < -0.4 is 10.3 Å². The Balaban J connectivity index is 1.27. The first-order valence-corrected chi connectivity index (χ1v) is 11.0. The van der Waals surface area contributed by atoms with Crippen LogP contribution in [0, 0.1) is 11.8 Å². The highest BCUT2D eigenvalue weighted by molar-refractivity contribution is 5.99. The number of aliphatic hydroxyl groups excluding tert-OH is 2. The second-order valence-electron chi connectivity index (χ2n) is 8.93. The van der Waals surface area contributed by atoms with E-state index in [9.17, 15) is 15.0 Å². The summed E-state index contributed by atoms with van der Waals surface area (Å²) in [7, 11) is 0. The average molecular weight is 421 g/mol. The molecule has 1 aliphatic carbocycles. The van der Waals surface area contributed by atoms with Gasteiger partial charge < -0.3 is 24.8 Å². The van der Waals surface area contributed by atoms with E-state index in [1.165, 1.54) is 6.07 Å². The molecule has 3 N–H and O–H groups in total. The number of ether oxygens (including phenoxy) is 1. The van der Waals surface area contributed by atoms with E-state index in [4.69, 9.17) is 4.74 Å². The third kappa shape index (κ3) is 4.24. The monoisotopic (exact) mass is 420 g/mol. The second kappa shape index (κ2) is 8.46. The van der Waals surface area contributed by atoms with Crippen LogP contribution in [0.3, 0.4) is 0 Å². The van der Waals surface area contributed by atoms with E-state index in [-0.39, 0.29) is 18.3 Å². The Morgan fingerprint density at radius 2 is 1.77 bits per heavy atom. The normalized spacial score (nSPS) is 24.4.